The molecule has 4 aliphatic rings. The van der Waals surface area contributed by atoms with Gasteiger partial charge in [-0.1, -0.05) is 18.6 Å². The predicted molar refractivity (Wildman–Crippen MR) is 109 cm³/mol. The monoisotopic (exact) mass is 418 g/mol. The van der Waals surface area contributed by atoms with Crippen molar-refractivity contribution >= 4 is 5.78 Å². The third kappa shape index (κ3) is 3.09. The first kappa shape index (κ1) is 20.3. The Morgan fingerprint density at radius 3 is 2.83 bits per heavy atom. The molecule has 7 unspecified atom stereocenters. The molecule has 164 valence electrons. The highest BCUT2D eigenvalue weighted by atomic mass is 19.3. The summed E-state index contributed by atoms with van der Waals surface area (Å²) in [5, 5.41) is 10.3. The van der Waals surface area contributed by atoms with Crippen molar-refractivity contribution in [2.24, 2.45) is 35.0 Å². The zero-order valence-electron chi connectivity index (χ0n) is 17.6. The van der Waals surface area contributed by atoms with Crippen molar-refractivity contribution in [3.8, 4) is 0 Å². The van der Waals surface area contributed by atoms with Gasteiger partial charge in [-0.05, 0) is 74.0 Å². The summed E-state index contributed by atoms with van der Waals surface area (Å²) in [6.07, 6.45) is 10.8. The lowest BCUT2D eigenvalue weighted by Gasteiger charge is -2.54. The molecule has 0 aliphatic heterocycles. The van der Waals surface area contributed by atoms with E-state index >= 15 is 0 Å². The van der Waals surface area contributed by atoms with Gasteiger partial charge in [0.15, 0.2) is 5.78 Å². The van der Waals surface area contributed by atoms with Crippen molar-refractivity contribution in [1.29, 1.82) is 0 Å². The lowest BCUT2D eigenvalue weighted by Crippen LogP contribution is -2.50. The van der Waals surface area contributed by atoms with Crippen LogP contribution in [0.15, 0.2) is 30.4 Å². The number of alkyl halides is 2. The molecule has 1 aromatic heterocycles. The van der Waals surface area contributed by atoms with Gasteiger partial charge in [0.2, 0.25) is 0 Å². The molecule has 7 atom stereocenters. The van der Waals surface area contributed by atoms with Crippen molar-refractivity contribution < 1.29 is 18.7 Å². The normalized spacial score (nSPS) is 43.0. The van der Waals surface area contributed by atoms with E-state index in [4.69, 9.17) is 0 Å². The van der Waals surface area contributed by atoms with Gasteiger partial charge in [0.1, 0.15) is 5.60 Å². The molecular formula is C24H32F2N2O2. The van der Waals surface area contributed by atoms with Crippen molar-refractivity contribution in [3.05, 3.63) is 30.4 Å². The van der Waals surface area contributed by atoms with Crippen LogP contribution in [0.5, 0.6) is 0 Å². The van der Waals surface area contributed by atoms with Gasteiger partial charge in [0, 0.05) is 24.7 Å². The van der Waals surface area contributed by atoms with Gasteiger partial charge >= 0.3 is 0 Å². The summed E-state index contributed by atoms with van der Waals surface area (Å²) in [7, 11) is 0. The van der Waals surface area contributed by atoms with Crippen molar-refractivity contribution in [1.82, 2.24) is 9.55 Å². The highest BCUT2D eigenvalue weighted by Gasteiger charge is 2.58. The lowest BCUT2D eigenvalue weighted by molar-refractivity contribution is -0.131. The number of carbonyl (C=O) groups excluding carboxylic acids is 1. The molecule has 3 saturated carbocycles. The number of Topliss-reactive ketones (excluding diaryl/α,β-unsaturated/α-hetero) is 1. The van der Waals surface area contributed by atoms with E-state index in [0.29, 0.717) is 42.4 Å². The standard InChI is InChI=1S/C24H32F2N2O2/c1-23-8-6-17-16-7-9-24(30,22(25)26)12-15(16)2-3-18(17)19(23)4-5-20(23)21(29)13-28-11-10-27-14-28/h2,10-11,14,16-20,22,30H,3-9,12-13H2,1H3. The van der Waals surface area contributed by atoms with Crippen LogP contribution in [0.25, 0.3) is 0 Å². The third-order valence-electron chi connectivity index (χ3n) is 9.23. The van der Waals surface area contributed by atoms with E-state index in [-0.39, 0.29) is 24.2 Å². The highest BCUT2D eigenvalue weighted by molar-refractivity contribution is 5.82. The smallest absolute Gasteiger partial charge is 0.267 e. The fourth-order valence-corrected chi connectivity index (χ4v) is 7.70. The number of ketones is 1. The number of imidazole rings is 1. The van der Waals surface area contributed by atoms with Gasteiger partial charge in [-0.2, -0.15) is 0 Å². The highest BCUT2D eigenvalue weighted by Crippen LogP contribution is 2.63. The largest absolute Gasteiger partial charge is 0.384 e. The van der Waals surface area contributed by atoms with Crippen LogP contribution in [-0.2, 0) is 11.3 Å². The summed E-state index contributed by atoms with van der Waals surface area (Å²) in [5.74, 6) is 2.36. The number of hydrogen-bond acceptors (Lipinski definition) is 3. The Bertz CT molecular complexity index is 838. The molecule has 0 bridgehead atoms. The van der Waals surface area contributed by atoms with E-state index in [0.717, 1.165) is 37.7 Å². The molecule has 6 heteroatoms. The molecule has 0 spiro atoms. The number of halogens is 2. The number of carbonyl (C=O) groups is 1. The number of aliphatic hydroxyl groups is 1. The molecule has 30 heavy (non-hydrogen) atoms. The molecule has 5 rings (SSSR count). The fourth-order valence-electron chi connectivity index (χ4n) is 7.70. The second kappa shape index (κ2) is 7.25. The van der Waals surface area contributed by atoms with Crippen molar-refractivity contribution in [3.63, 3.8) is 0 Å². The second-order valence-electron chi connectivity index (χ2n) is 10.6. The second-order valence-corrected chi connectivity index (χ2v) is 10.6. The molecule has 3 fully saturated rings. The third-order valence-corrected chi connectivity index (χ3v) is 9.23. The number of aromatic nitrogens is 2. The minimum Gasteiger partial charge on any atom is -0.384 e. The van der Waals surface area contributed by atoms with E-state index in [9.17, 15) is 18.7 Å². The topological polar surface area (TPSA) is 55.1 Å². The summed E-state index contributed by atoms with van der Waals surface area (Å²) in [4.78, 5) is 17.2. The molecule has 0 aromatic carbocycles. The quantitative estimate of drug-likeness (QED) is 0.725. The zero-order chi connectivity index (χ0) is 21.1. The summed E-state index contributed by atoms with van der Waals surface area (Å²) >= 11 is 0. The van der Waals surface area contributed by atoms with Crippen LogP contribution in [-0.4, -0.2) is 32.5 Å². The Hall–Kier alpha value is -1.56. The van der Waals surface area contributed by atoms with Crippen LogP contribution in [0, 0.1) is 35.0 Å². The first-order valence-electron chi connectivity index (χ1n) is 11.5. The number of nitrogens with zero attached hydrogens (tertiary/aromatic N) is 2. The van der Waals surface area contributed by atoms with Crippen LogP contribution in [0.4, 0.5) is 8.78 Å². The van der Waals surface area contributed by atoms with Crippen LogP contribution < -0.4 is 0 Å². The summed E-state index contributed by atoms with van der Waals surface area (Å²) in [6, 6.07) is 0. The lowest BCUT2D eigenvalue weighted by atomic mass is 9.51. The average molecular weight is 419 g/mol. The first-order valence-corrected chi connectivity index (χ1v) is 11.5. The van der Waals surface area contributed by atoms with E-state index in [1.165, 1.54) is 0 Å². The average Bonchev–Trinajstić information content (AvgIpc) is 3.34. The molecule has 4 nitrogen and oxygen atoms in total. The maximum Gasteiger partial charge on any atom is 0.267 e. The molecule has 1 N–H and O–H groups in total. The van der Waals surface area contributed by atoms with Gasteiger partial charge in [0.05, 0.1) is 12.9 Å². The zero-order valence-corrected chi connectivity index (χ0v) is 17.6. The molecule has 4 aliphatic carbocycles. The molecule has 0 amide bonds. The Morgan fingerprint density at radius 2 is 2.10 bits per heavy atom. The molecule has 0 saturated heterocycles. The van der Waals surface area contributed by atoms with Crippen molar-refractivity contribution in [2.45, 2.75) is 76.9 Å². The van der Waals surface area contributed by atoms with E-state index in [2.05, 4.69) is 18.0 Å². The maximum absolute atomic E-state index is 13.4. The number of rotatable bonds is 4. The Balaban J connectivity index is 1.34. The van der Waals surface area contributed by atoms with Gasteiger partial charge in [0.25, 0.3) is 6.43 Å². The SMILES string of the molecule is CC12CCC3C4CCC(O)(C(F)F)CC4=CCC3C1CCC2C(=O)Cn1ccnc1. The number of hydrogen-bond donors (Lipinski definition) is 1. The molecule has 0 radical (unpaired) electrons. The van der Waals surface area contributed by atoms with Gasteiger partial charge < -0.3 is 9.67 Å². The van der Waals surface area contributed by atoms with Crippen molar-refractivity contribution in [2.75, 3.05) is 0 Å². The maximum atomic E-state index is 13.4. The first-order chi connectivity index (χ1) is 14.3. The number of fused-ring (bicyclic) bond motifs is 5. The molecule has 1 aromatic rings. The van der Waals surface area contributed by atoms with Gasteiger partial charge in [-0.25, -0.2) is 13.8 Å². The van der Waals surface area contributed by atoms with Crippen LogP contribution in [0.2, 0.25) is 0 Å². The van der Waals surface area contributed by atoms with E-state index < -0.39 is 12.0 Å². The van der Waals surface area contributed by atoms with E-state index in [1.54, 1.807) is 12.5 Å². The predicted octanol–water partition coefficient (Wildman–Crippen LogP) is 4.64. The Kier molecular flexibility index (Phi) is 4.92. The van der Waals surface area contributed by atoms with Crippen LogP contribution >= 0.6 is 0 Å². The van der Waals surface area contributed by atoms with E-state index in [1.807, 2.05) is 10.8 Å². The minimum atomic E-state index is -2.68. The number of allylic oxidation sites excluding steroid dienone is 1. The molecule has 1 heterocycles. The van der Waals surface area contributed by atoms with Crippen LogP contribution in [0.1, 0.15) is 58.3 Å². The van der Waals surface area contributed by atoms with Crippen LogP contribution in [0.3, 0.4) is 0 Å². The fraction of sp³-hybridized carbons (Fsp3) is 0.750. The summed E-state index contributed by atoms with van der Waals surface area (Å²) in [6.45, 7) is 2.73. The Labute approximate surface area is 176 Å². The summed E-state index contributed by atoms with van der Waals surface area (Å²) < 4.78 is 28.6. The summed E-state index contributed by atoms with van der Waals surface area (Å²) in [5.41, 5.74) is -0.723. The molecular weight excluding hydrogens is 386 g/mol. The Morgan fingerprint density at radius 1 is 1.27 bits per heavy atom. The minimum absolute atomic E-state index is 0.0442. The van der Waals surface area contributed by atoms with Gasteiger partial charge in [-0.3, -0.25) is 4.79 Å². The van der Waals surface area contributed by atoms with Gasteiger partial charge in [-0.15, -0.1) is 0 Å².